The standard InChI is InChI=1S/C13H17FO2S/c1-2-3-4-5-17-9-10-6-11(13(15)16)8-12(14)7-10/h6-8H,2-5,9H2,1H3,(H,15,16). The van der Waals surface area contributed by atoms with Crippen molar-refractivity contribution in [1.29, 1.82) is 0 Å². The second-order valence-electron chi connectivity index (χ2n) is 3.91. The van der Waals surface area contributed by atoms with E-state index in [1.165, 1.54) is 25.0 Å². The molecule has 1 aromatic rings. The summed E-state index contributed by atoms with van der Waals surface area (Å²) in [5.41, 5.74) is 0.762. The van der Waals surface area contributed by atoms with Crippen LogP contribution in [0.4, 0.5) is 4.39 Å². The van der Waals surface area contributed by atoms with E-state index in [-0.39, 0.29) is 5.56 Å². The smallest absolute Gasteiger partial charge is 0.335 e. The molecule has 1 N–H and O–H groups in total. The van der Waals surface area contributed by atoms with Gasteiger partial charge in [-0.2, -0.15) is 11.8 Å². The van der Waals surface area contributed by atoms with E-state index in [0.29, 0.717) is 5.75 Å². The van der Waals surface area contributed by atoms with Gasteiger partial charge in [-0.1, -0.05) is 19.8 Å². The lowest BCUT2D eigenvalue weighted by molar-refractivity contribution is 0.0696. The summed E-state index contributed by atoms with van der Waals surface area (Å²) in [6, 6.07) is 3.99. The predicted molar refractivity (Wildman–Crippen MR) is 69.0 cm³/mol. The third-order valence-electron chi connectivity index (χ3n) is 2.37. The van der Waals surface area contributed by atoms with Crippen molar-refractivity contribution in [1.82, 2.24) is 0 Å². The van der Waals surface area contributed by atoms with Gasteiger partial charge >= 0.3 is 5.97 Å². The van der Waals surface area contributed by atoms with Crippen LogP contribution in [0.5, 0.6) is 0 Å². The average Bonchev–Trinajstić information content (AvgIpc) is 2.28. The number of carbonyl (C=O) groups is 1. The molecule has 0 amide bonds. The zero-order chi connectivity index (χ0) is 12.7. The molecule has 2 nitrogen and oxygen atoms in total. The lowest BCUT2D eigenvalue weighted by atomic mass is 10.1. The van der Waals surface area contributed by atoms with Crippen molar-refractivity contribution in [2.45, 2.75) is 31.9 Å². The molecular weight excluding hydrogens is 239 g/mol. The fourth-order valence-corrected chi connectivity index (χ4v) is 2.46. The molecule has 0 aromatic heterocycles. The summed E-state index contributed by atoms with van der Waals surface area (Å²) in [6.07, 6.45) is 3.54. The monoisotopic (exact) mass is 256 g/mol. The number of unbranched alkanes of at least 4 members (excludes halogenated alkanes) is 2. The van der Waals surface area contributed by atoms with Crippen LogP contribution in [0, 0.1) is 5.82 Å². The van der Waals surface area contributed by atoms with Crippen LogP contribution in [-0.4, -0.2) is 16.8 Å². The Bertz CT molecular complexity index is 380. The quantitative estimate of drug-likeness (QED) is 0.751. The van der Waals surface area contributed by atoms with Crippen molar-refractivity contribution in [2.75, 3.05) is 5.75 Å². The van der Waals surface area contributed by atoms with E-state index in [1.807, 2.05) is 0 Å². The Morgan fingerprint density at radius 1 is 1.35 bits per heavy atom. The highest BCUT2D eigenvalue weighted by Gasteiger charge is 2.06. The largest absolute Gasteiger partial charge is 0.478 e. The molecule has 4 heteroatoms. The van der Waals surface area contributed by atoms with Crippen LogP contribution < -0.4 is 0 Å². The third-order valence-corrected chi connectivity index (χ3v) is 3.48. The zero-order valence-electron chi connectivity index (χ0n) is 9.91. The zero-order valence-corrected chi connectivity index (χ0v) is 10.7. The summed E-state index contributed by atoms with van der Waals surface area (Å²) >= 11 is 1.72. The van der Waals surface area contributed by atoms with E-state index in [0.717, 1.165) is 23.8 Å². The summed E-state index contributed by atoms with van der Waals surface area (Å²) in [6.45, 7) is 2.15. The molecule has 0 heterocycles. The van der Waals surface area contributed by atoms with E-state index in [9.17, 15) is 9.18 Å². The summed E-state index contributed by atoms with van der Waals surface area (Å²) in [7, 11) is 0. The number of carboxylic acids is 1. The number of carboxylic acid groups (broad SMARTS) is 1. The molecule has 1 rings (SSSR count). The number of thioether (sulfide) groups is 1. The van der Waals surface area contributed by atoms with Gasteiger partial charge in [0.05, 0.1) is 5.56 Å². The van der Waals surface area contributed by atoms with Crippen molar-refractivity contribution in [2.24, 2.45) is 0 Å². The van der Waals surface area contributed by atoms with Crippen LogP contribution in [0.2, 0.25) is 0 Å². The van der Waals surface area contributed by atoms with E-state index in [1.54, 1.807) is 11.8 Å². The molecule has 0 aliphatic rings. The van der Waals surface area contributed by atoms with Crippen molar-refractivity contribution < 1.29 is 14.3 Å². The Hall–Kier alpha value is -1.03. The maximum Gasteiger partial charge on any atom is 0.335 e. The van der Waals surface area contributed by atoms with E-state index >= 15 is 0 Å². The van der Waals surface area contributed by atoms with Crippen LogP contribution in [-0.2, 0) is 5.75 Å². The Morgan fingerprint density at radius 3 is 2.76 bits per heavy atom. The van der Waals surface area contributed by atoms with Gasteiger partial charge in [-0.15, -0.1) is 0 Å². The first-order valence-corrected chi connectivity index (χ1v) is 6.89. The topological polar surface area (TPSA) is 37.3 Å². The third kappa shape index (κ3) is 5.22. The van der Waals surface area contributed by atoms with Crippen LogP contribution in [0.25, 0.3) is 0 Å². The maximum absolute atomic E-state index is 13.1. The molecule has 0 unspecified atom stereocenters. The van der Waals surface area contributed by atoms with Crippen LogP contribution in [0.15, 0.2) is 18.2 Å². The molecule has 0 saturated heterocycles. The summed E-state index contributed by atoms with van der Waals surface area (Å²) in [4.78, 5) is 10.7. The molecule has 0 atom stereocenters. The summed E-state index contributed by atoms with van der Waals surface area (Å²) in [5.74, 6) is 0.143. The van der Waals surface area contributed by atoms with Gasteiger partial charge in [0.15, 0.2) is 0 Å². The molecular formula is C13H17FO2S. The number of rotatable bonds is 7. The van der Waals surface area contributed by atoms with Crippen LogP contribution >= 0.6 is 11.8 Å². The van der Waals surface area contributed by atoms with Gasteiger partial charge in [0.2, 0.25) is 0 Å². The number of benzene rings is 1. The molecule has 0 bridgehead atoms. The molecule has 0 aliphatic heterocycles. The Morgan fingerprint density at radius 2 is 2.12 bits per heavy atom. The second kappa shape index (κ2) is 7.33. The van der Waals surface area contributed by atoms with Gasteiger partial charge in [-0.25, -0.2) is 9.18 Å². The molecule has 0 saturated carbocycles. The van der Waals surface area contributed by atoms with Gasteiger partial charge in [0, 0.05) is 5.75 Å². The van der Waals surface area contributed by atoms with Gasteiger partial charge in [0.1, 0.15) is 5.82 Å². The van der Waals surface area contributed by atoms with Gasteiger partial charge in [-0.05, 0) is 35.9 Å². The number of halogens is 1. The van der Waals surface area contributed by atoms with E-state index < -0.39 is 11.8 Å². The van der Waals surface area contributed by atoms with Crippen molar-refractivity contribution in [3.05, 3.63) is 35.1 Å². The highest BCUT2D eigenvalue weighted by atomic mass is 32.2. The first-order valence-electron chi connectivity index (χ1n) is 5.74. The first kappa shape index (κ1) is 14.0. The number of hydrogen-bond acceptors (Lipinski definition) is 2. The lowest BCUT2D eigenvalue weighted by Crippen LogP contribution is -1.98. The molecule has 0 radical (unpaired) electrons. The molecule has 0 fully saturated rings. The fraction of sp³-hybridized carbons (Fsp3) is 0.462. The van der Waals surface area contributed by atoms with Gasteiger partial charge in [0.25, 0.3) is 0 Å². The maximum atomic E-state index is 13.1. The summed E-state index contributed by atoms with van der Waals surface area (Å²) in [5, 5.41) is 8.80. The summed E-state index contributed by atoms with van der Waals surface area (Å²) < 4.78 is 13.1. The minimum Gasteiger partial charge on any atom is -0.478 e. The molecule has 1 aromatic carbocycles. The minimum absolute atomic E-state index is 0.0224. The fourth-order valence-electron chi connectivity index (χ4n) is 1.50. The van der Waals surface area contributed by atoms with Crippen LogP contribution in [0.1, 0.15) is 42.1 Å². The lowest BCUT2D eigenvalue weighted by Gasteiger charge is -2.04. The number of aromatic carboxylic acids is 1. The predicted octanol–water partition coefficient (Wildman–Crippen LogP) is 3.95. The minimum atomic E-state index is -1.08. The highest BCUT2D eigenvalue weighted by Crippen LogP contribution is 2.17. The second-order valence-corrected chi connectivity index (χ2v) is 5.02. The average molecular weight is 256 g/mol. The molecule has 0 spiro atoms. The highest BCUT2D eigenvalue weighted by molar-refractivity contribution is 7.98. The SMILES string of the molecule is CCCCCSCc1cc(F)cc(C(=O)O)c1. The Balaban J connectivity index is 2.50. The van der Waals surface area contributed by atoms with Gasteiger partial charge < -0.3 is 5.11 Å². The van der Waals surface area contributed by atoms with E-state index in [4.69, 9.17) is 5.11 Å². The Labute approximate surface area is 105 Å². The van der Waals surface area contributed by atoms with Crippen molar-refractivity contribution >= 4 is 17.7 Å². The number of hydrogen-bond donors (Lipinski definition) is 1. The molecule has 94 valence electrons. The Kier molecular flexibility index (Phi) is 6.05. The van der Waals surface area contributed by atoms with E-state index in [2.05, 4.69) is 6.92 Å². The molecule has 17 heavy (non-hydrogen) atoms. The van der Waals surface area contributed by atoms with Crippen molar-refractivity contribution in [3.63, 3.8) is 0 Å². The first-order chi connectivity index (χ1) is 8.13. The van der Waals surface area contributed by atoms with Crippen molar-refractivity contribution in [3.8, 4) is 0 Å². The normalized spacial score (nSPS) is 10.5. The van der Waals surface area contributed by atoms with Crippen LogP contribution in [0.3, 0.4) is 0 Å². The molecule has 0 aliphatic carbocycles. The van der Waals surface area contributed by atoms with Gasteiger partial charge in [-0.3, -0.25) is 0 Å².